The number of fused-ring (bicyclic) bond motifs is 1. The molecule has 2 N–H and O–H groups in total. The third-order valence-corrected chi connectivity index (χ3v) is 3.84. The Bertz CT molecular complexity index is 903. The molecule has 4 heteroatoms. The molecular weight excluding hydrogens is 292 g/mol. The van der Waals surface area contributed by atoms with Gasteiger partial charge >= 0.3 is 0 Å². The zero-order valence-electron chi connectivity index (χ0n) is 13.3. The standard InChI is InChI=1S/C19H18O4/c1-4-5-12-8-14-11(2)18(23-19(14)17(9-12)22-3)13-6-7-15(20)16(21)10-13/h4-10,20-21H,1-3H3/b5-4+. The maximum atomic E-state index is 9.72. The lowest BCUT2D eigenvalue weighted by Gasteiger charge is -2.02. The monoisotopic (exact) mass is 310 g/mol. The van der Waals surface area contributed by atoms with E-state index in [4.69, 9.17) is 9.15 Å². The molecule has 3 rings (SSSR count). The molecule has 0 fully saturated rings. The Kier molecular flexibility index (Phi) is 3.74. The van der Waals surface area contributed by atoms with Crippen molar-refractivity contribution in [2.75, 3.05) is 7.11 Å². The number of hydrogen-bond acceptors (Lipinski definition) is 4. The number of hydrogen-bond donors (Lipinski definition) is 2. The van der Waals surface area contributed by atoms with Crippen molar-refractivity contribution in [3.8, 4) is 28.6 Å². The van der Waals surface area contributed by atoms with E-state index in [9.17, 15) is 10.2 Å². The average molecular weight is 310 g/mol. The summed E-state index contributed by atoms with van der Waals surface area (Å²) in [5.41, 5.74) is 3.35. The van der Waals surface area contributed by atoms with Gasteiger partial charge in [-0.05, 0) is 49.7 Å². The molecule has 0 aliphatic carbocycles. The highest BCUT2D eigenvalue weighted by molar-refractivity contribution is 5.93. The fourth-order valence-electron chi connectivity index (χ4n) is 2.69. The maximum absolute atomic E-state index is 9.72. The molecule has 1 aromatic heterocycles. The molecular formula is C19H18O4. The van der Waals surface area contributed by atoms with Gasteiger partial charge in [-0.2, -0.15) is 0 Å². The van der Waals surface area contributed by atoms with Crippen LogP contribution in [0.5, 0.6) is 17.2 Å². The summed E-state index contributed by atoms with van der Waals surface area (Å²) in [5, 5.41) is 20.1. The molecule has 0 saturated carbocycles. The number of benzene rings is 2. The van der Waals surface area contributed by atoms with Gasteiger partial charge in [0.05, 0.1) is 7.11 Å². The van der Waals surface area contributed by atoms with E-state index in [0.717, 1.165) is 16.5 Å². The molecule has 23 heavy (non-hydrogen) atoms. The molecule has 0 saturated heterocycles. The van der Waals surface area contributed by atoms with Crippen LogP contribution in [0.3, 0.4) is 0 Å². The van der Waals surface area contributed by atoms with E-state index in [-0.39, 0.29) is 11.5 Å². The van der Waals surface area contributed by atoms with Crippen LogP contribution in [0.1, 0.15) is 18.1 Å². The van der Waals surface area contributed by atoms with Gasteiger partial charge in [-0.15, -0.1) is 0 Å². The van der Waals surface area contributed by atoms with E-state index in [1.165, 1.54) is 12.1 Å². The van der Waals surface area contributed by atoms with Gasteiger partial charge in [0.25, 0.3) is 0 Å². The Hall–Kier alpha value is -2.88. The molecule has 118 valence electrons. The van der Waals surface area contributed by atoms with Gasteiger partial charge in [-0.1, -0.05) is 12.2 Å². The highest BCUT2D eigenvalue weighted by Gasteiger charge is 2.17. The van der Waals surface area contributed by atoms with E-state index in [2.05, 4.69) is 0 Å². The van der Waals surface area contributed by atoms with Crippen LogP contribution >= 0.6 is 0 Å². The number of phenols is 2. The first-order chi connectivity index (χ1) is 11.0. The Morgan fingerprint density at radius 2 is 1.87 bits per heavy atom. The predicted octanol–water partition coefficient (Wildman–Crippen LogP) is 4.86. The van der Waals surface area contributed by atoms with E-state index >= 15 is 0 Å². The summed E-state index contributed by atoms with van der Waals surface area (Å²) in [7, 11) is 1.61. The average Bonchev–Trinajstić information content (AvgIpc) is 2.87. The number of aromatic hydroxyl groups is 2. The molecule has 0 radical (unpaired) electrons. The van der Waals surface area contributed by atoms with E-state index in [0.29, 0.717) is 22.7 Å². The molecule has 0 unspecified atom stereocenters. The summed E-state index contributed by atoms with van der Waals surface area (Å²) in [6.07, 6.45) is 3.97. The minimum absolute atomic E-state index is 0.157. The highest BCUT2D eigenvalue weighted by Crippen LogP contribution is 2.40. The van der Waals surface area contributed by atoms with Gasteiger partial charge in [0.2, 0.25) is 0 Å². The normalized spacial score (nSPS) is 11.4. The maximum Gasteiger partial charge on any atom is 0.176 e. The van der Waals surface area contributed by atoms with Crippen LogP contribution in [-0.2, 0) is 0 Å². The molecule has 0 spiro atoms. The number of phenolic OH excluding ortho intramolecular Hbond substituents is 2. The minimum atomic E-state index is -0.177. The Morgan fingerprint density at radius 3 is 2.52 bits per heavy atom. The smallest absolute Gasteiger partial charge is 0.176 e. The number of aryl methyl sites for hydroxylation is 1. The van der Waals surface area contributed by atoms with Crippen molar-refractivity contribution in [3.63, 3.8) is 0 Å². The van der Waals surface area contributed by atoms with Crippen LogP contribution in [0.4, 0.5) is 0 Å². The van der Waals surface area contributed by atoms with E-state index in [1.807, 2.05) is 38.1 Å². The van der Waals surface area contributed by atoms with Crippen molar-refractivity contribution in [3.05, 3.63) is 47.5 Å². The molecule has 3 aromatic rings. The number of ether oxygens (including phenoxy) is 1. The zero-order valence-corrected chi connectivity index (χ0v) is 13.3. The van der Waals surface area contributed by atoms with Gasteiger partial charge in [0, 0.05) is 16.5 Å². The van der Waals surface area contributed by atoms with Crippen LogP contribution in [0.25, 0.3) is 28.4 Å². The summed E-state index contributed by atoms with van der Waals surface area (Å²) in [6, 6.07) is 8.60. The number of rotatable bonds is 3. The molecule has 2 aromatic carbocycles. The van der Waals surface area contributed by atoms with Gasteiger partial charge in [0.15, 0.2) is 22.8 Å². The minimum Gasteiger partial charge on any atom is -0.504 e. The second-order valence-corrected chi connectivity index (χ2v) is 5.36. The molecule has 4 nitrogen and oxygen atoms in total. The van der Waals surface area contributed by atoms with Gasteiger partial charge in [0.1, 0.15) is 5.76 Å². The van der Waals surface area contributed by atoms with Crippen molar-refractivity contribution >= 4 is 17.0 Å². The lowest BCUT2D eigenvalue weighted by Crippen LogP contribution is -1.85. The SMILES string of the molecule is C/C=C/c1cc(OC)c2oc(-c3ccc(O)c(O)c3)c(C)c2c1. The van der Waals surface area contributed by atoms with Gasteiger partial charge < -0.3 is 19.4 Å². The number of furan rings is 1. The fourth-order valence-corrected chi connectivity index (χ4v) is 2.69. The third kappa shape index (κ3) is 2.52. The molecule has 0 bridgehead atoms. The molecule has 0 aliphatic rings. The first-order valence-electron chi connectivity index (χ1n) is 7.31. The first kappa shape index (κ1) is 15.0. The zero-order chi connectivity index (χ0) is 16.6. The van der Waals surface area contributed by atoms with Crippen LogP contribution in [0.15, 0.2) is 40.8 Å². The fraction of sp³-hybridized carbons (Fsp3) is 0.158. The first-order valence-corrected chi connectivity index (χ1v) is 7.31. The van der Waals surface area contributed by atoms with Crippen LogP contribution < -0.4 is 4.74 Å². The van der Waals surface area contributed by atoms with Crippen LogP contribution in [0.2, 0.25) is 0 Å². The Labute approximate surface area is 134 Å². The number of allylic oxidation sites excluding steroid dienone is 1. The Morgan fingerprint density at radius 1 is 1.09 bits per heavy atom. The summed E-state index contributed by atoms with van der Waals surface area (Å²) in [5.74, 6) is 0.971. The summed E-state index contributed by atoms with van der Waals surface area (Å²) in [4.78, 5) is 0. The molecule has 0 aliphatic heterocycles. The van der Waals surface area contributed by atoms with Crippen molar-refractivity contribution in [2.45, 2.75) is 13.8 Å². The lowest BCUT2D eigenvalue weighted by molar-refractivity contribution is 0.403. The van der Waals surface area contributed by atoms with Crippen LogP contribution in [-0.4, -0.2) is 17.3 Å². The largest absolute Gasteiger partial charge is 0.504 e. The third-order valence-electron chi connectivity index (χ3n) is 3.84. The van der Waals surface area contributed by atoms with E-state index in [1.54, 1.807) is 13.2 Å². The Balaban J connectivity index is 2.27. The van der Waals surface area contributed by atoms with Gasteiger partial charge in [-0.25, -0.2) is 0 Å². The van der Waals surface area contributed by atoms with Crippen LogP contribution in [0, 0.1) is 6.92 Å². The second-order valence-electron chi connectivity index (χ2n) is 5.36. The highest BCUT2D eigenvalue weighted by atomic mass is 16.5. The van der Waals surface area contributed by atoms with Crippen molar-refractivity contribution < 1.29 is 19.4 Å². The second kappa shape index (κ2) is 5.72. The van der Waals surface area contributed by atoms with E-state index < -0.39 is 0 Å². The summed E-state index contributed by atoms with van der Waals surface area (Å²) >= 11 is 0. The summed E-state index contributed by atoms with van der Waals surface area (Å²) < 4.78 is 11.4. The van der Waals surface area contributed by atoms with Crippen molar-refractivity contribution in [1.29, 1.82) is 0 Å². The quantitative estimate of drug-likeness (QED) is 0.678. The number of methoxy groups -OCH3 is 1. The van der Waals surface area contributed by atoms with Crippen molar-refractivity contribution in [1.82, 2.24) is 0 Å². The molecule has 1 heterocycles. The molecule has 0 amide bonds. The topological polar surface area (TPSA) is 62.8 Å². The van der Waals surface area contributed by atoms with Gasteiger partial charge in [-0.3, -0.25) is 0 Å². The van der Waals surface area contributed by atoms with Crippen molar-refractivity contribution in [2.24, 2.45) is 0 Å². The molecule has 0 atom stereocenters. The lowest BCUT2D eigenvalue weighted by atomic mass is 10.0. The summed E-state index contributed by atoms with van der Waals surface area (Å²) in [6.45, 7) is 3.92. The predicted molar refractivity (Wildman–Crippen MR) is 91.0 cm³/mol.